The average molecular weight is 213 g/mol. The highest BCUT2D eigenvalue weighted by Gasteiger charge is 2.23. The zero-order chi connectivity index (χ0) is 9.90. The molecule has 1 heterocycles. The van der Waals surface area contributed by atoms with Gasteiger partial charge in [-0.2, -0.15) is 0 Å². The summed E-state index contributed by atoms with van der Waals surface area (Å²) in [5.74, 6) is 6.05. The van der Waals surface area contributed by atoms with Crippen LogP contribution in [0, 0.1) is 11.7 Å². The zero-order valence-corrected chi connectivity index (χ0v) is 11.2. The molecule has 0 saturated carbocycles. The summed E-state index contributed by atoms with van der Waals surface area (Å²) < 4.78 is 5.90. The first-order chi connectivity index (χ1) is 6.02. The molecule has 0 amide bonds. The summed E-state index contributed by atoms with van der Waals surface area (Å²) in [4.78, 5) is 0. The Balaban J connectivity index is 2.42. The molecule has 0 spiro atoms. The van der Waals surface area contributed by atoms with Crippen LogP contribution in [-0.2, 0) is 0 Å². The van der Waals surface area contributed by atoms with Gasteiger partial charge >= 0.3 is 0 Å². The predicted molar refractivity (Wildman–Crippen MR) is 62.0 cm³/mol. The highest BCUT2D eigenvalue weighted by atomic mass is 31.1. The fourth-order valence-corrected chi connectivity index (χ4v) is 4.19. The minimum Gasteiger partial charge on any atom is -0.379 e. The number of rotatable bonds is 4. The largest absolute Gasteiger partial charge is 0.379 e. The SMILES string of the molecule is CC(C)C(C)(C)[SiH2]Op1[c]ccc1. The summed E-state index contributed by atoms with van der Waals surface area (Å²) in [5.41, 5.74) is 0. The van der Waals surface area contributed by atoms with Gasteiger partial charge in [-0.25, -0.2) is 0 Å². The molecule has 0 aromatic carbocycles. The van der Waals surface area contributed by atoms with Gasteiger partial charge in [-0.15, -0.1) is 0 Å². The molecular formula is C10H18OPSi. The Morgan fingerprint density at radius 3 is 2.62 bits per heavy atom. The first-order valence-electron chi connectivity index (χ1n) is 4.71. The summed E-state index contributed by atoms with van der Waals surface area (Å²) in [6.07, 6.45) is 0. The smallest absolute Gasteiger partial charge is 0.180 e. The van der Waals surface area contributed by atoms with Gasteiger partial charge < -0.3 is 4.21 Å². The highest BCUT2D eigenvalue weighted by Crippen LogP contribution is 2.34. The van der Waals surface area contributed by atoms with Crippen molar-refractivity contribution in [2.24, 2.45) is 5.92 Å². The van der Waals surface area contributed by atoms with E-state index in [0.717, 1.165) is 0 Å². The van der Waals surface area contributed by atoms with Gasteiger partial charge in [0.15, 0.2) is 9.76 Å². The van der Waals surface area contributed by atoms with Crippen molar-refractivity contribution in [2.75, 3.05) is 0 Å². The van der Waals surface area contributed by atoms with Crippen molar-refractivity contribution in [3.8, 4) is 0 Å². The Morgan fingerprint density at radius 2 is 2.15 bits per heavy atom. The maximum atomic E-state index is 5.90. The van der Waals surface area contributed by atoms with Crippen LogP contribution in [0.15, 0.2) is 17.9 Å². The van der Waals surface area contributed by atoms with Gasteiger partial charge in [0.1, 0.15) is 0 Å². The quantitative estimate of drug-likeness (QED) is 0.699. The van der Waals surface area contributed by atoms with Crippen LogP contribution < -0.4 is 4.21 Å². The molecule has 0 N–H and O–H groups in total. The maximum absolute atomic E-state index is 5.90. The molecule has 13 heavy (non-hydrogen) atoms. The first-order valence-corrected chi connectivity index (χ1v) is 7.32. The van der Waals surface area contributed by atoms with E-state index in [1.54, 1.807) is 0 Å². The molecule has 0 fully saturated rings. The third-order valence-corrected chi connectivity index (χ3v) is 6.69. The monoisotopic (exact) mass is 213 g/mol. The second-order valence-corrected chi connectivity index (χ2v) is 8.73. The molecule has 0 aliphatic carbocycles. The van der Waals surface area contributed by atoms with E-state index in [1.165, 1.54) is 0 Å². The van der Waals surface area contributed by atoms with Gasteiger partial charge in [-0.3, -0.25) is 0 Å². The van der Waals surface area contributed by atoms with Crippen LogP contribution in [0.1, 0.15) is 27.7 Å². The molecule has 0 bridgehead atoms. The lowest BCUT2D eigenvalue weighted by molar-refractivity contribution is 0.449. The van der Waals surface area contributed by atoms with Crippen molar-refractivity contribution in [3.05, 3.63) is 23.7 Å². The Hall–Kier alpha value is -0.0431. The zero-order valence-electron chi connectivity index (χ0n) is 8.87. The minimum absolute atomic E-state index is 0.403. The lowest BCUT2D eigenvalue weighted by Gasteiger charge is -2.27. The van der Waals surface area contributed by atoms with Crippen LogP contribution in [0.4, 0.5) is 0 Å². The van der Waals surface area contributed by atoms with E-state index in [1.807, 2.05) is 12.1 Å². The van der Waals surface area contributed by atoms with Crippen LogP contribution in [0.2, 0.25) is 5.04 Å². The van der Waals surface area contributed by atoms with E-state index in [4.69, 9.17) is 4.21 Å². The third kappa shape index (κ3) is 3.30. The molecule has 0 aliphatic rings. The Morgan fingerprint density at radius 1 is 1.46 bits per heavy atom. The predicted octanol–water partition coefficient (Wildman–Crippen LogP) is 2.84. The van der Waals surface area contributed by atoms with Crippen molar-refractivity contribution in [1.82, 2.24) is 0 Å². The number of hydrogen-bond donors (Lipinski definition) is 0. The maximum Gasteiger partial charge on any atom is 0.180 e. The fourth-order valence-electron chi connectivity index (χ4n) is 0.764. The van der Waals surface area contributed by atoms with Crippen molar-refractivity contribution >= 4 is 17.5 Å². The van der Waals surface area contributed by atoms with Crippen LogP contribution in [-0.4, -0.2) is 9.76 Å². The van der Waals surface area contributed by atoms with E-state index >= 15 is 0 Å². The summed E-state index contributed by atoms with van der Waals surface area (Å²) in [6.45, 7) is 9.16. The van der Waals surface area contributed by atoms with Crippen LogP contribution in [0.3, 0.4) is 0 Å². The molecule has 0 saturated heterocycles. The standard InChI is InChI=1S/C10H18OPSi/c1-9(2)10(3,4)13-11-12-7-5-6-8-12/h5-7,9H,13H2,1-4H3. The molecule has 3 heteroatoms. The third-order valence-electron chi connectivity index (χ3n) is 2.66. The average Bonchev–Trinajstić information content (AvgIpc) is 2.52. The summed E-state index contributed by atoms with van der Waals surface area (Å²) >= 11 is 0. The Kier molecular flexibility index (Phi) is 3.78. The molecule has 1 aromatic rings. The van der Waals surface area contributed by atoms with Gasteiger partial charge in [-0.05, 0) is 22.8 Å². The molecule has 1 atom stereocenters. The van der Waals surface area contributed by atoms with Gasteiger partial charge in [0.2, 0.25) is 0 Å². The van der Waals surface area contributed by atoms with Crippen molar-refractivity contribution < 1.29 is 4.21 Å². The van der Waals surface area contributed by atoms with Crippen LogP contribution >= 0.6 is 7.76 Å². The summed E-state index contributed by atoms with van der Waals surface area (Å²) in [5, 5.41) is 0.403. The molecule has 1 aromatic heterocycles. The second kappa shape index (κ2) is 4.45. The Bertz CT molecular complexity index is 241. The Labute approximate surface area is 84.6 Å². The van der Waals surface area contributed by atoms with E-state index in [2.05, 4.69) is 39.3 Å². The molecule has 1 unspecified atom stereocenters. The topological polar surface area (TPSA) is 9.23 Å². The molecule has 1 radical (unpaired) electrons. The van der Waals surface area contributed by atoms with Crippen molar-refractivity contribution in [3.63, 3.8) is 0 Å². The van der Waals surface area contributed by atoms with Gasteiger partial charge in [0.25, 0.3) is 0 Å². The van der Waals surface area contributed by atoms with E-state index < -0.39 is 17.5 Å². The highest BCUT2D eigenvalue weighted by molar-refractivity contribution is 7.44. The molecule has 73 valence electrons. The van der Waals surface area contributed by atoms with Gasteiger partial charge in [0.05, 0.1) is 0 Å². The first kappa shape index (κ1) is 11.0. The van der Waals surface area contributed by atoms with Crippen molar-refractivity contribution in [2.45, 2.75) is 32.7 Å². The molecule has 0 aliphatic heterocycles. The lowest BCUT2D eigenvalue weighted by atomic mass is 9.99. The van der Waals surface area contributed by atoms with E-state index in [-0.39, 0.29) is 0 Å². The van der Waals surface area contributed by atoms with Crippen molar-refractivity contribution in [1.29, 1.82) is 0 Å². The fraction of sp³-hybridized carbons (Fsp3) is 0.600. The molecular weight excluding hydrogens is 195 g/mol. The summed E-state index contributed by atoms with van der Waals surface area (Å²) in [6, 6.07) is 3.99. The molecule has 1 nitrogen and oxygen atoms in total. The molecule has 1 rings (SSSR count). The minimum atomic E-state index is -0.459. The second-order valence-electron chi connectivity index (χ2n) is 4.38. The van der Waals surface area contributed by atoms with E-state index in [9.17, 15) is 0 Å². The lowest BCUT2D eigenvalue weighted by Crippen LogP contribution is -2.23. The van der Waals surface area contributed by atoms with Crippen LogP contribution in [0.25, 0.3) is 0 Å². The normalized spacial score (nSPS) is 13.3. The van der Waals surface area contributed by atoms with Gasteiger partial charge in [0, 0.05) is 13.6 Å². The van der Waals surface area contributed by atoms with E-state index in [0.29, 0.717) is 11.0 Å². The summed E-state index contributed by atoms with van der Waals surface area (Å²) in [7, 11) is -0.901. The van der Waals surface area contributed by atoms with Gasteiger partial charge in [-0.1, -0.05) is 33.8 Å². The number of hydrogen-bond acceptors (Lipinski definition) is 1. The van der Waals surface area contributed by atoms with Crippen LogP contribution in [0.5, 0.6) is 0 Å².